The maximum absolute atomic E-state index is 9.98. The number of pyridine rings is 1. The lowest BCUT2D eigenvalue weighted by Gasteiger charge is -2.35. The third-order valence-corrected chi connectivity index (χ3v) is 6.04. The fourth-order valence-corrected chi connectivity index (χ4v) is 4.41. The Bertz CT molecular complexity index is 954. The van der Waals surface area contributed by atoms with Crippen LogP contribution in [0, 0.1) is 0 Å². The number of piperidine rings is 1. The van der Waals surface area contributed by atoms with E-state index in [4.69, 9.17) is 4.74 Å². The average Bonchev–Trinajstić information content (AvgIpc) is 3.12. The number of β-amino-alcohol motifs (C(OH)–C–C–N with tert-alkyl or cyclic N) is 1. The van der Waals surface area contributed by atoms with Crippen LogP contribution in [0.5, 0.6) is 5.75 Å². The summed E-state index contributed by atoms with van der Waals surface area (Å²) in [4.78, 5) is 8.20. The number of rotatable bonds is 6. The Hall–Kier alpha value is -2.02. The molecular weight excluding hydrogens is 382 g/mol. The summed E-state index contributed by atoms with van der Waals surface area (Å²) in [5.74, 6) is 1.71. The molecule has 154 valence electrons. The van der Waals surface area contributed by atoms with Crippen molar-refractivity contribution < 1.29 is 9.84 Å². The third kappa shape index (κ3) is 4.94. The van der Waals surface area contributed by atoms with Crippen molar-refractivity contribution in [3.05, 3.63) is 48.8 Å². The second kappa shape index (κ2) is 8.38. The van der Waals surface area contributed by atoms with Crippen LogP contribution in [0.3, 0.4) is 0 Å². The van der Waals surface area contributed by atoms with E-state index in [0.29, 0.717) is 6.54 Å². The number of thioether (sulfide) groups is 1. The van der Waals surface area contributed by atoms with Gasteiger partial charge in [0.1, 0.15) is 17.7 Å². The number of hydrogen-bond acceptors (Lipinski definition) is 5. The average molecular weight is 412 g/mol. The number of ether oxygens (including phenoxy) is 1. The normalized spacial score (nSPS) is 16.4. The van der Waals surface area contributed by atoms with Crippen molar-refractivity contribution in [2.24, 2.45) is 0 Å². The predicted octanol–water partition coefficient (Wildman–Crippen LogP) is 4.36. The molecule has 0 radical (unpaired) electrons. The largest absolute Gasteiger partial charge is 0.489 e. The Morgan fingerprint density at radius 3 is 2.62 bits per heavy atom. The van der Waals surface area contributed by atoms with Gasteiger partial charge in [0.2, 0.25) is 0 Å². The smallest absolute Gasteiger partial charge is 0.138 e. The quantitative estimate of drug-likeness (QED) is 0.611. The monoisotopic (exact) mass is 411 g/mol. The van der Waals surface area contributed by atoms with Crippen molar-refractivity contribution >= 4 is 22.7 Å². The minimum atomic E-state index is -0.646. The zero-order valence-electron chi connectivity index (χ0n) is 17.3. The number of benzene rings is 1. The van der Waals surface area contributed by atoms with Crippen molar-refractivity contribution in [1.82, 2.24) is 14.5 Å². The summed E-state index contributed by atoms with van der Waals surface area (Å²) < 4.78 is 8.27. The van der Waals surface area contributed by atoms with Crippen LogP contribution < -0.4 is 4.74 Å². The van der Waals surface area contributed by atoms with Crippen molar-refractivity contribution in [3.63, 3.8) is 0 Å². The van der Waals surface area contributed by atoms with E-state index in [0.717, 1.165) is 43.0 Å². The lowest BCUT2D eigenvalue weighted by Crippen LogP contribution is -2.45. The van der Waals surface area contributed by atoms with Gasteiger partial charge in [-0.2, -0.15) is 0 Å². The van der Waals surface area contributed by atoms with E-state index >= 15 is 0 Å². The van der Waals surface area contributed by atoms with Gasteiger partial charge in [0, 0.05) is 36.1 Å². The Labute approximate surface area is 176 Å². The molecule has 0 atom stereocenters. The van der Waals surface area contributed by atoms with E-state index in [1.807, 2.05) is 32.2 Å². The molecule has 0 aliphatic carbocycles. The molecular formula is C23H29N3O2S. The molecule has 1 fully saturated rings. The van der Waals surface area contributed by atoms with Crippen LogP contribution >= 0.6 is 11.8 Å². The molecule has 6 heteroatoms. The molecule has 3 heterocycles. The second-order valence-corrected chi connectivity index (χ2v) is 9.25. The minimum Gasteiger partial charge on any atom is -0.489 e. The summed E-state index contributed by atoms with van der Waals surface area (Å²) >= 11 is 1.75. The molecule has 4 rings (SSSR count). The van der Waals surface area contributed by atoms with E-state index < -0.39 is 5.60 Å². The van der Waals surface area contributed by atoms with Crippen LogP contribution in [-0.4, -0.2) is 57.2 Å². The molecule has 3 aromatic rings. The first-order valence-electron chi connectivity index (χ1n) is 10.1. The molecule has 2 aromatic heterocycles. The summed E-state index contributed by atoms with van der Waals surface area (Å²) in [7, 11) is 0. The highest BCUT2D eigenvalue weighted by Gasteiger charge is 2.24. The van der Waals surface area contributed by atoms with Gasteiger partial charge in [0.25, 0.3) is 0 Å². The van der Waals surface area contributed by atoms with E-state index in [1.165, 1.54) is 10.3 Å². The highest BCUT2D eigenvalue weighted by atomic mass is 32.2. The summed E-state index contributed by atoms with van der Waals surface area (Å²) in [5.41, 5.74) is 0.510. The molecule has 0 saturated carbocycles. The zero-order chi connectivity index (χ0) is 20.4. The maximum Gasteiger partial charge on any atom is 0.138 e. The van der Waals surface area contributed by atoms with Crippen molar-refractivity contribution in [3.8, 4) is 11.6 Å². The number of aromatic nitrogens is 2. The molecule has 1 aromatic carbocycles. The van der Waals surface area contributed by atoms with Gasteiger partial charge in [-0.15, -0.1) is 11.8 Å². The van der Waals surface area contributed by atoms with Gasteiger partial charge < -0.3 is 19.3 Å². The molecule has 0 spiro atoms. The Balaban J connectivity index is 1.39. The number of hydrogen-bond donors (Lipinski definition) is 1. The fourth-order valence-electron chi connectivity index (χ4n) is 3.96. The van der Waals surface area contributed by atoms with Gasteiger partial charge in [0.05, 0.1) is 17.3 Å². The van der Waals surface area contributed by atoms with E-state index in [9.17, 15) is 5.11 Å². The molecule has 1 N–H and O–H groups in total. The number of fused-ring (bicyclic) bond motifs is 1. The molecule has 1 saturated heterocycles. The van der Waals surface area contributed by atoms with Gasteiger partial charge in [-0.1, -0.05) is 0 Å². The van der Waals surface area contributed by atoms with E-state index in [2.05, 4.69) is 51.2 Å². The van der Waals surface area contributed by atoms with E-state index in [-0.39, 0.29) is 6.10 Å². The van der Waals surface area contributed by atoms with Gasteiger partial charge in [0.15, 0.2) is 0 Å². The van der Waals surface area contributed by atoms with Crippen LogP contribution in [-0.2, 0) is 0 Å². The first-order valence-corrected chi connectivity index (χ1v) is 11.4. The number of likely N-dealkylation sites (tertiary alicyclic amines) is 1. The Kier molecular flexibility index (Phi) is 5.86. The molecule has 0 bridgehead atoms. The Morgan fingerprint density at radius 1 is 1.17 bits per heavy atom. The summed E-state index contributed by atoms with van der Waals surface area (Å²) in [6, 6.07) is 12.6. The minimum absolute atomic E-state index is 0.207. The van der Waals surface area contributed by atoms with Crippen molar-refractivity contribution in [1.29, 1.82) is 0 Å². The SMILES string of the molecule is CSc1ccc2c(ccn2-c2ccc(OC3CCN(CC(C)(C)O)CC3)cn2)c1. The summed E-state index contributed by atoms with van der Waals surface area (Å²) in [6.07, 6.45) is 8.13. The molecule has 1 aliphatic heterocycles. The highest BCUT2D eigenvalue weighted by molar-refractivity contribution is 7.98. The molecule has 29 heavy (non-hydrogen) atoms. The summed E-state index contributed by atoms with van der Waals surface area (Å²) in [5, 5.41) is 11.2. The van der Waals surface area contributed by atoms with Crippen molar-refractivity contribution in [2.45, 2.75) is 43.3 Å². The van der Waals surface area contributed by atoms with Gasteiger partial charge >= 0.3 is 0 Å². The van der Waals surface area contributed by atoms with Gasteiger partial charge in [-0.3, -0.25) is 0 Å². The summed E-state index contributed by atoms with van der Waals surface area (Å²) in [6.45, 7) is 6.33. The van der Waals surface area contributed by atoms with Gasteiger partial charge in [-0.05, 0) is 69.3 Å². The zero-order valence-corrected chi connectivity index (χ0v) is 18.2. The third-order valence-electron chi connectivity index (χ3n) is 5.31. The topological polar surface area (TPSA) is 50.5 Å². The van der Waals surface area contributed by atoms with Crippen LogP contribution in [0.15, 0.2) is 53.7 Å². The first kappa shape index (κ1) is 20.3. The van der Waals surface area contributed by atoms with Gasteiger partial charge in [-0.25, -0.2) is 4.98 Å². The lowest BCUT2D eigenvalue weighted by molar-refractivity contribution is 0.0140. The second-order valence-electron chi connectivity index (χ2n) is 8.37. The molecule has 5 nitrogen and oxygen atoms in total. The fraction of sp³-hybridized carbons (Fsp3) is 0.435. The van der Waals surface area contributed by atoms with Crippen LogP contribution in [0.4, 0.5) is 0 Å². The number of aliphatic hydroxyl groups is 1. The maximum atomic E-state index is 9.98. The Morgan fingerprint density at radius 2 is 1.97 bits per heavy atom. The molecule has 0 amide bonds. The molecule has 0 unspecified atom stereocenters. The predicted molar refractivity (Wildman–Crippen MR) is 119 cm³/mol. The van der Waals surface area contributed by atoms with Crippen LogP contribution in [0.1, 0.15) is 26.7 Å². The highest BCUT2D eigenvalue weighted by Crippen LogP contribution is 2.26. The lowest BCUT2D eigenvalue weighted by atomic mass is 10.0. The van der Waals surface area contributed by atoms with Crippen LogP contribution in [0.2, 0.25) is 0 Å². The molecule has 1 aliphatic rings. The van der Waals surface area contributed by atoms with E-state index in [1.54, 1.807) is 11.8 Å². The van der Waals surface area contributed by atoms with Crippen molar-refractivity contribution in [2.75, 3.05) is 25.9 Å². The first-order chi connectivity index (χ1) is 13.9. The number of nitrogens with zero attached hydrogens (tertiary/aromatic N) is 3. The standard InChI is InChI=1S/C23H29N3O2S/c1-23(2,27)16-25-11-9-18(10-12-25)28-19-4-7-22(24-15-19)26-13-8-17-14-20(29-3)5-6-21(17)26/h4-8,13-15,18,27H,9-12,16H2,1-3H3. The van der Waals surface area contributed by atoms with Crippen LogP contribution in [0.25, 0.3) is 16.7 Å².